The normalized spacial score (nSPS) is 22.3. The molecule has 1 aromatic heterocycles. The van der Waals surface area contributed by atoms with Crippen LogP contribution in [-0.4, -0.2) is 60.5 Å². The van der Waals surface area contributed by atoms with Crippen LogP contribution in [0.2, 0.25) is 0 Å². The van der Waals surface area contributed by atoms with Crippen molar-refractivity contribution in [1.82, 2.24) is 25.1 Å². The molecule has 1 aromatic rings. The van der Waals surface area contributed by atoms with Gasteiger partial charge in [0.05, 0.1) is 11.7 Å². The topological polar surface area (TPSA) is 64.3 Å². The van der Waals surface area contributed by atoms with Gasteiger partial charge in [-0.3, -0.25) is 9.69 Å². The monoisotopic (exact) mass is 251 g/mol. The number of hydrogen-bond acceptors (Lipinski definition) is 5. The van der Waals surface area contributed by atoms with Crippen LogP contribution in [0, 0.1) is 0 Å². The van der Waals surface area contributed by atoms with Gasteiger partial charge in [-0.1, -0.05) is 0 Å². The molecule has 0 radical (unpaired) electrons. The Bertz CT molecular complexity index is 458. The van der Waals surface area contributed by atoms with Crippen LogP contribution < -0.4 is 10.9 Å². The Labute approximate surface area is 107 Å². The molecule has 0 amide bonds. The van der Waals surface area contributed by atoms with Crippen LogP contribution in [0.5, 0.6) is 0 Å². The third-order valence-electron chi connectivity index (χ3n) is 3.34. The van der Waals surface area contributed by atoms with Crippen molar-refractivity contribution in [1.29, 1.82) is 0 Å². The van der Waals surface area contributed by atoms with Gasteiger partial charge in [0.15, 0.2) is 0 Å². The molecule has 2 rings (SSSR count). The summed E-state index contributed by atoms with van der Waals surface area (Å²) in [4.78, 5) is 23.6. The quantitative estimate of drug-likeness (QED) is 0.751. The number of likely N-dealkylation sites (N-methyl/N-ethyl adjacent to an activating group) is 2. The number of hydrogen-bond donors (Lipinski definition) is 2. The molecule has 1 aliphatic rings. The molecule has 0 saturated carbocycles. The van der Waals surface area contributed by atoms with Crippen molar-refractivity contribution in [3.05, 3.63) is 27.9 Å². The van der Waals surface area contributed by atoms with Crippen molar-refractivity contribution in [2.24, 2.45) is 0 Å². The molecule has 6 nitrogen and oxygen atoms in total. The molecule has 18 heavy (non-hydrogen) atoms. The van der Waals surface area contributed by atoms with E-state index >= 15 is 0 Å². The summed E-state index contributed by atoms with van der Waals surface area (Å²) in [5, 5.41) is 3.02. The molecule has 0 spiro atoms. The highest BCUT2D eigenvalue weighted by Crippen LogP contribution is 2.19. The van der Waals surface area contributed by atoms with Crippen LogP contribution in [0.15, 0.2) is 10.9 Å². The van der Waals surface area contributed by atoms with Gasteiger partial charge in [0.25, 0.3) is 5.56 Å². The largest absolute Gasteiger partial charge is 0.314 e. The van der Waals surface area contributed by atoms with Gasteiger partial charge in [-0.05, 0) is 21.1 Å². The van der Waals surface area contributed by atoms with Crippen molar-refractivity contribution in [2.45, 2.75) is 12.6 Å². The van der Waals surface area contributed by atoms with Gasteiger partial charge >= 0.3 is 0 Å². The first-order chi connectivity index (χ1) is 8.60. The second-order valence-electron chi connectivity index (χ2n) is 4.91. The first-order valence-electron chi connectivity index (χ1n) is 6.23. The molecule has 1 unspecified atom stereocenters. The minimum atomic E-state index is -0.0770. The standard InChI is InChI=1S/C12H21N5O/c1-13-7-9-6-11(18)15-12(14-9)10-8-16(2)4-5-17(10)3/h6,10,13H,4-5,7-8H2,1-3H3,(H,14,15,18). The molecular formula is C12H21N5O. The first-order valence-corrected chi connectivity index (χ1v) is 6.23. The van der Waals surface area contributed by atoms with Crippen molar-refractivity contribution in [3.8, 4) is 0 Å². The molecule has 0 aromatic carbocycles. The second-order valence-corrected chi connectivity index (χ2v) is 4.91. The predicted molar refractivity (Wildman–Crippen MR) is 70.5 cm³/mol. The van der Waals surface area contributed by atoms with Crippen LogP contribution in [0.25, 0.3) is 0 Å². The lowest BCUT2D eigenvalue weighted by atomic mass is 10.1. The van der Waals surface area contributed by atoms with Crippen LogP contribution in [0.3, 0.4) is 0 Å². The van der Waals surface area contributed by atoms with Crippen molar-refractivity contribution in [3.63, 3.8) is 0 Å². The van der Waals surface area contributed by atoms with Gasteiger partial charge in [-0.2, -0.15) is 0 Å². The average Bonchev–Trinajstić information content (AvgIpc) is 2.32. The van der Waals surface area contributed by atoms with Gasteiger partial charge in [-0.25, -0.2) is 4.98 Å². The highest BCUT2D eigenvalue weighted by Gasteiger charge is 2.25. The summed E-state index contributed by atoms with van der Waals surface area (Å²) in [6.07, 6.45) is 0. The van der Waals surface area contributed by atoms with E-state index in [1.807, 2.05) is 7.05 Å². The third kappa shape index (κ3) is 2.95. The summed E-state index contributed by atoms with van der Waals surface area (Å²) in [6, 6.07) is 1.71. The number of piperazine rings is 1. The van der Waals surface area contributed by atoms with E-state index in [9.17, 15) is 4.79 Å². The molecule has 2 N–H and O–H groups in total. The lowest BCUT2D eigenvalue weighted by molar-refractivity contribution is 0.109. The van der Waals surface area contributed by atoms with Gasteiger partial charge in [0.2, 0.25) is 0 Å². The first kappa shape index (κ1) is 13.2. The highest BCUT2D eigenvalue weighted by molar-refractivity contribution is 5.07. The summed E-state index contributed by atoms with van der Waals surface area (Å²) in [5.74, 6) is 0.766. The van der Waals surface area contributed by atoms with E-state index in [-0.39, 0.29) is 11.6 Å². The Morgan fingerprint density at radius 2 is 2.28 bits per heavy atom. The Balaban J connectivity index is 2.28. The summed E-state index contributed by atoms with van der Waals surface area (Å²) < 4.78 is 0. The van der Waals surface area contributed by atoms with Gasteiger partial charge in [-0.15, -0.1) is 0 Å². The number of aromatic amines is 1. The van der Waals surface area contributed by atoms with Crippen LogP contribution in [-0.2, 0) is 6.54 Å². The van der Waals surface area contributed by atoms with E-state index in [0.717, 1.165) is 31.2 Å². The van der Waals surface area contributed by atoms with E-state index in [4.69, 9.17) is 0 Å². The number of nitrogens with zero attached hydrogens (tertiary/aromatic N) is 3. The van der Waals surface area contributed by atoms with Crippen molar-refractivity contribution in [2.75, 3.05) is 40.8 Å². The molecule has 1 atom stereocenters. The van der Waals surface area contributed by atoms with Gasteiger partial charge in [0, 0.05) is 32.2 Å². The zero-order valence-electron chi connectivity index (χ0n) is 11.2. The highest BCUT2D eigenvalue weighted by atomic mass is 16.1. The summed E-state index contributed by atoms with van der Waals surface area (Å²) in [5.41, 5.74) is 0.713. The van der Waals surface area contributed by atoms with Crippen LogP contribution in [0.4, 0.5) is 0 Å². The second kappa shape index (κ2) is 5.60. The fourth-order valence-electron chi connectivity index (χ4n) is 2.26. The van der Waals surface area contributed by atoms with Crippen molar-refractivity contribution >= 4 is 0 Å². The van der Waals surface area contributed by atoms with E-state index in [1.54, 1.807) is 6.07 Å². The predicted octanol–water partition coefficient (Wildman–Crippen LogP) is -0.592. The molecular weight excluding hydrogens is 230 g/mol. The lowest BCUT2D eigenvalue weighted by Crippen LogP contribution is -2.45. The van der Waals surface area contributed by atoms with E-state index in [2.05, 4.69) is 39.2 Å². The van der Waals surface area contributed by atoms with Gasteiger partial charge in [0.1, 0.15) is 5.82 Å². The molecule has 6 heteroatoms. The SMILES string of the molecule is CNCc1cc(=O)[nH]c(C2CN(C)CCN2C)n1. The number of nitrogens with one attached hydrogen (secondary N) is 2. The van der Waals surface area contributed by atoms with E-state index < -0.39 is 0 Å². The molecule has 0 aliphatic carbocycles. The molecule has 2 heterocycles. The maximum Gasteiger partial charge on any atom is 0.251 e. The number of rotatable bonds is 3. The summed E-state index contributed by atoms with van der Waals surface area (Å²) >= 11 is 0. The maximum atomic E-state index is 11.7. The average molecular weight is 251 g/mol. The van der Waals surface area contributed by atoms with Crippen LogP contribution in [0.1, 0.15) is 17.6 Å². The fraction of sp³-hybridized carbons (Fsp3) is 0.667. The summed E-state index contributed by atoms with van der Waals surface area (Å²) in [7, 11) is 6.01. The number of H-pyrrole nitrogens is 1. The Morgan fingerprint density at radius 3 is 3.00 bits per heavy atom. The molecule has 0 bridgehead atoms. The molecule has 100 valence electrons. The smallest absolute Gasteiger partial charge is 0.251 e. The fourth-order valence-corrected chi connectivity index (χ4v) is 2.26. The third-order valence-corrected chi connectivity index (χ3v) is 3.34. The zero-order valence-corrected chi connectivity index (χ0v) is 11.2. The van der Waals surface area contributed by atoms with E-state index in [1.165, 1.54) is 0 Å². The Morgan fingerprint density at radius 1 is 1.50 bits per heavy atom. The Kier molecular flexibility index (Phi) is 4.11. The van der Waals surface area contributed by atoms with Crippen molar-refractivity contribution < 1.29 is 0 Å². The lowest BCUT2D eigenvalue weighted by Gasteiger charge is -2.36. The van der Waals surface area contributed by atoms with Crippen LogP contribution >= 0.6 is 0 Å². The zero-order chi connectivity index (χ0) is 13.1. The summed E-state index contributed by atoms with van der Waals surface area (Å²) in [6.45, 7) is 3.54. The number of aromatic nitrogens is 2. The molecule has 1 aliphatic heterocycles. The van der Waals surface area contributed by atoms with E-state index in [0.29, 0.717) is 6.54 Å². The Hall–Kier alpha value is -1.24. The minimum Gasteiger partial charge on any atom is -0.314 e. The molecule has 1 fully saturated rings. The minimum absolute atomic E-state index is 0.0770. The maximum absolute atomic E-state index is 11.7. The van der Waals surface area contributed by atoms with Gasteiger partial charge < -0.3 is 15.2 Å². The molecule has 1 saturated heterocycles.